The summed E-state index contributed by atoms with van der Waals surface area (Å²) in [6, 6.07) is 13.9. The molecule has 0 aromatic heterocycles. The highest BCUT2D eigenvalue weighted by Gasteiger charge is 2.30. The Hall–Kier alpha value is -2.53. The van der Waals surface area contributed by atoms with Crippen LogP contribution in [0.3, 0.4) is 0 Å². The van der Waals surface area contributed by atoms with Gasteiger partial charge in [0.25, 0.3) is 0 Å². The largest absolute Gasteiger partial charge is 0.293 e. The van der Waals surface area contributed by atoms with Gasteiger partial charge in [-0.15, -0.1) is 0 Å². The molecule has 6 nitrogen and oxygen atoms in total. The standard InChI is InChI=1S/C21H23N3O3S/c1-16-7-8-19(17(2)13-16)20(25)15-23-9-11-24(12-10-23)28(26,27)21-6-4-3-5-18(21)14-22/h3-8,13H,9-12,15H2,1-2H3. The molecule has 1 heterocycles. The Morgan fingerprint density at radius 2 is 1.75 bits per heavy atom. The van der Waals surface area contributed by atoms with Crippen molar-refractivity contribution in [2.24, 2.45) is 0 Å². The molecule has 0 N–H and O–H groups in total. The first-order valence-corrected chi connectivity index (χ1v) is 10.6. The molecule has 0 saturated carbocycles. The van der Waals surface area contributed by atoms with E-state index in [-0.39, 0.29) is 22.8 Å². The molecule has 3 rings (SSSR count). The van der Waals surface area contributed by atoms with Crippen molar-refractivity contribution in [2.45, 2.75) is 18.7 Å². The second kappa shape index (κ2) is 8.23. The normalized spacial score (nSPS) is 15.9. The summed E-state index contributed by atoms with van der Waals surface area (Å²) in [6.07, 6.45) is 0. The highest BCUT2D eigenvalue weighted by atomic mass is 32.2. The molecule has 7 heteroatoms. The van der Waals surface area contributed by atoms with Gasteiger partial charge in [-0.3, -0.25) is 9.69 Å². The summed E-state index contributed by atoms with van der Waals surface area (Å²) in [5, 5.41) is 9.19. The maximum Gasteiger partial charge on any atom is 0.244 e. The zero-order valence-electron chi connectivity index (χ0n) is 16.1. The van der Waals surface area contributed by atoms with E-state index in [0.29, 0.717) is 31.7 Å². The number of Topliss-reactive ketones (excluding diaryl/α,β-unsaturated/α-hetero) is 1. The Kier molecular flexibility index (Phi) is 5.94. The maximum absolute atomic E-state index is 12.9. The molecular weight excluding hydrogens is 374 g/mol. The van der Waals surface area contributed by atoms with Crippen LogP contribution in [0.4, 0.5) is 0 Å². The minimum Gasteiger partial charge on any atom is -0.293 e. The minimum atomic E-state index is -3.72. The van der Waals surface area contributed by atoms with Crippen LogP contribution in [0.25, 0.3) is 0 Å². The van der Waals surface area contributed by atoms with Gasteiger partial charge in [0.15, 0.2) is 5.78 Å². The fraction of sp³-hybridized carbons (Fsp3) is 0.333. The van der Waals surface area contributed by atoms with Crippen LogP contribution < -0.4 is 0 Å². The van der Waals surface area contributed by atoms with Crippen molar-refractivity contribution in [2.75, 3.05) is 32.7 Å². The molecule has 0 spiro atoms. The molecule has 0 unspecified atom stereocenters. The highest BCUT2D eigenvalue weighted by molar-refractivity contribution is 7.89. The number of ketones is 1. The van der Waals surface area contributed by atoms with Crippen molar-refractivity contribution in [1.82, 2.24) is 9.21 Å². The van der Waals surface area contributed by atoms with Gasteiger partial charge in [-0.2, -0.15) is 9.57 Å². The summed E-state index contributed by atoms with van der Waals surface area (Å²) in [4.78, 5) is 14.6. The number of hydrogen-bond acceptors (Lipinski definition) is 5. The Morgan fingerprint density at radius 3 is 2.39 bits per heavy atom. The number of sulfonamides is 1. The molecular formula is C21H23N3O3S. The van der Waals surface area contributed by atoms with Crippen LogP contribution in [0.2, 0.25) is 0 Å². The summed E-state index contributed by atoms with van der Waals surface area (Å²) in [7, 11) is -3.72. The van der Waals surface area contributed by atoms with E-state index >= 15 is 0 Å². The van der Waals surface area contributed by atoms with Crippen LogP contribution in [0, 0.1) is 25.2 Å². The topological polar surface area (TPSA) is 81.5 Å². The van der Waals surface area contributed by atoms with Crippen LogP contribution in [0.5, 0.6) is 0 Å². The summed E-state index contributed by atoms with van der Waals surface area (Å²) < 4.78 is 27.2. The summed E-state index contributed by atoms with van der Waals surface area (Å²) >= 11 is 0. The van der Waals surface area contributed by atoms with Crippen molar-refractivity contribution in [3.8, 4) is 6.07 Å². The van der Waals surface area contributed by atoms with Crippen LogP contribution in [0.15, 0.2) is 47.4 Å². The summed E-state index contributed by atoms with van der Waals surface area (Å²) in [5.74, 6) is 0.0450. The number of aryl methyl sites for hydroxylation is 2. The van der Waals surface area contributed by atoms with Gasteiger partial charge in [0.05, 0.1) is 17.0 Å². The van der Waals surface area contributed by atoms with Crippen molar-refractivity contribution in [3.63, 3.8) is 0 Å². The van der Waals surface area contributed by atoms with E-state index in [1.54, 1.807) is 12.1 Å². The number of piperazine rings is 1. The van der Waals surface area contributed by atoms with Gasteiger partial charge in [-0.1, -0.05) is 35.9 Å². The zero-order chi connectivity index (χ0) is 20.3. The molecule has 0 amide bonds. The maximum atomic E-state index is 12.9. The Labute approximate surface area is 166 Å². The van der Waals surface area contributed by atoms with E-state index in [9.17, 15) is 18.5 Å². The molecule has 0 bridgehead atoms. The predicted molar refractivity (Wildman–Crippen MR) is 107 cm³/mol. The molecule has 1 fully saturated rings. The monoisotopic (exact) mass is 397 g/mol. The lowest BCUT2D eigenvalue weighted by Crippen LogP contribution is -2.49. The molecule has 2 aromatic carbocycles. The molecule has 1 saturated heterocycles. The van der Waals surface area contributed by atoms with Gasteiger partial charge in [0.1, 0.15) is 6.07 Å². The minimum absolute atomic E-state index is 0.0392. The van der Waals surface area contributed by atoms with E-state index in [1.165, 1.54) is 16.4 Å². The molecule has 0 aliphatic carbocycles. The lowest BCUT2D eigenvalue weighted by atomic mass is 10.0. The quantitative estimate of drug-likeness (QED) is 0.724. The third-order valence-corrected chi connectivity index (χ3v) is 6.96. The van der Waals surface area contributed by atoms with Crippen molar-refractivity contribution >= 4 is 15.8 Å². The van der Waals surface area contributed by atoms with Gasteiger partial charge >= 0.3 is 0 Å². The number of rotatable bonds is 5. The average Bonchev–Trinajstić information content (AvgIpc) is 2.68. The van der Waals surface area contributed by atoms with E-state index in [4.69, 9.17) is 0 Å². The third kappa shape index (κ3) is 4.14. The Morgan fingerprint density at radius 1 is 1.07 bits per heavy atom. The van der Waals surface area contributed by atoms with Crippen LogP contribution in [-0.4, -0.2) is 56.1 Å². The van der Waals surface area contributed by atoms with Gasteiger partial charge in [0.2, 0.25) is 10.0 Å². The lowest BCUT2D eigenvalue weighted by molar-refractivity contribution is 0.0901. The SMILES string of the molecule is Cc1ccc(C(=O)CN2CCN(S(=O)(=O)c3ccccc3C#N)CC2)c(C)c1. The second-order valence-corrected chi connectivity index (χ2v) is 8.94. The Balaban J connectivity index is 1.66. The molecule has 146 valence electrons. The van der Waals surface area contributed by atoms with E-state index in [2.05, 4.69) is 0 Å². The predicted octanol–water partition coefficient (Wildman–Crippen LogP) is 2.36. The van der Waals surface area contributed by atoms with Crippen LogP contribution in [0.1, 0.15) is 27.0 Å². The first kappa shape index (κ1) is 20.2. The van der Waals surface area contributed by atoms with Gasteiger partial charge in [-0.05, 0) is 31.5 Å². The fourth-order valence-electron chi connectivity index (χ4n) is 3.47. The van der Waals surface area contributed by atoms with Crippen LogP contribution in [-0.2, 0) is 10.0 Å². The summed E-state index contributed by atoms with van der Waals surface area (Å²) in [6.45, 7) is 5.73. The number of nitrogens with zero attached hydrogens (tertiary/aromatic N) is 3. The Bertz CT molecular complexity index is 1030. The van der Waals surface area contributed by atoms with E-state index < -0.39 is 10.0 Å². The van der Waals surface area contributed by atoms with Gasteiger partial charge in [-0.25, -0.2) is 8.42 Å². The lowest BCUT2D eigenvalue weighted by Gasteiger charge is -2.33. The van der Waals surface area contributed by atoms with E-state index in [1.807, 2.05) is 43.0 Å². The molecule has 1 aliphatic heterocycles. The van der Waals surface area contributed by atoms with Crippen LogP contribution >= 0.6 is 0 Å². The average molecular weight is 398 g/mol. The number of nitriles is 1. The fourth-order valence-corrected chi connectivity index (χ4v) is 5.03. The van der Waals surface area contributed by atoms with E-state index in [0.717, 1.165) is 11.1 Å². The zero-order valence-corrected chi connectivity index (χ0v) is 16.9. The molecule has 28 heavy (non-hydrogen) atoms. The second-order valence-electron chi connectivity index (χ2n) is 7.03. The number of carbonyl (C=O) groups excluding carboxylic acids is 1. The molecule has 1 aliphatic rings. The first-order valence-electron chi connectivity index (χ1n) is 9.15. The highest BCUT2D eigenvalue weighted by Crippen LogP contribution is 2.21. The van der Waals surface area contributed by atoms with Gasteiger partial charge < -0.3 is 0 Å². The van der Waals surface area contributed by atoms with Gasteiger partial charge in [0, 0.05) is 31.7 Å². The number of hydrogen-bond donors (Lipinski definition) is 0. The third-order valence-electron chi connectivity index (χ3n) is 5.01. The van der Waals surface area contributed by atoms with Crippen molar-refractivity contribution in [3.05, 3.63) is 64.7 Å². The number of carbonyl (C=O) groups is 1. The molecule has 0 radical (unpaired) electrons. The number of benzene rings is 2. The smallest absolute Gasteiger partial charge is 0.244 e. The van der Waals surface area contributed by atoms with Crippen molar-refractivity contribution < 1.29 is 13.2 Å². The molecule has 0 atom stereocenters. The van der Waals surface area contributed by atoms with Crippen molar-refractivity contribution in [1.29, 1.82) is 5.26 Å². The summed E-state index contributed by atoms with van der Waals surface area (Å²) in [5.41, 5.74) is 2.93. The molecule has 2 aromatic rings. The first-order chi connectivity index (χ1) is 13.3.